The van der Waals surface area contributed by atoms with Gasteiger partial charge in [-0.3, -0.25) is 0 Å². The average Bonchev–Trinajstić information content (AvgIpc) is 2.18. The summed E-state index contributed by atoms with van der Waals surface area (Å²) in [5.41, 5.74) is 1.67. The van der Waals surface area contributed by atoms with Gasteiger partial charge in [-0.15, -0.1) is 0 Å². The van der Waals surface area contributed by atoms with Crippen LogP contribution < -0.4 is 0 Å². The van der Waals surface area contributed by atoms with Gasteiger partial charge in [-0.25, -0.2) is 4.99 Å². The fourth-order valence-electron chi connectivity index (χ4n) is 1.49. The lowest BCUT2D eigenvalue weighted by molar-refractivity contribution is -0.111. The van der Waals surface area contributed by atoms with Gasteiger partial charge in [0.1, 0.15) is 12.3 Å². The first-order valence-corrected chi connectivity index (χ1v) is 4.61. The van der Waals surface area contributed by atoms with E-state index in [-0.39, 0.29) is 6.04 Å². The molecule has 0 spiro atoms. The number of hydrogen-bond acceptors (Lipinski definition) is 3. The number of aldehydes is 1. The molecule has 0 saturated heterocycles. The fourth-order valence-corrected chi connectivity index (χ4v) is 1.66. The van der Waals surface area contributed by atoms with Crippen molar-refractivity contribution >= 4 is 29.9 Å². The highest BCUT2D eigenvalue weighted by Crippen LogP contribution is 2.32. The van der Waals surface area contributed by atoms with Gasteiger partial charge in [0.05, 0.1) is 12.0 Å². The van der Waals surface area contributed by atoms with Crippen molar-refractivity contribution in [2.24, 2.45) is 4.99 Å². The minimum atomic E-state index is -0.250. The van der Waals surface area contributed by atoms with Crippen molar-refractivity contribution in [3.05, 3.63) is 28.8 Å². The number of carbonyl (C=O) groups is 1. The molecule has 3 nitrogen and oxygen atoms in total. The number of rotatable bonds is 1. The van der Waals surface area contributed by atoms with Crippen LogP contribution in [0, 0.1) is 0 Å². The lowest BCUT2D eigenvalue weighted by Gasteiger charge is -2.26. The zero-order chi connectivity index (χ0) is 10.1. The number of halogens is 1. The molecule has 14 heavy (non-hydrogen) atoms. The number of hydrogen-bond donors (Lipinski definition) is 0. The molecule has 1 aromatic rings. The van der Waals surface area contributed by atoms with Crippen molar-refractivity contribution in [3.8, 4) is 0 Å². The first-order chi connectivity index (χ1) is 6.72. The van der Waals surface area contributed by atoms with Crippen LogP contribution in [0.5, 0.6) is 0 Å². The molecular weight excluding hydrogens is 200 g/mol. The van der Waals surface area contributed by atoms with E-state index in [1.807, 2.05) is 13.1 Å². The van der Waals surface area contributed by atoms with Crippen molar-refractivity contribution in [1.82, 2.24) is 4.90 Å². The van der Waals surface area contributed by atoms with Crippen LogP contribution in [0.2, 0.25) is 5.02 Å². The molecule has 2 rings (SSSR count). The second-order valence-corrected chi connectivity index (χ2v) is 3.63. The Morgan fingerprint density at radius 1 is 1.57 bits per heavy atom. The largest absolute Gasteiger partial charge is 0.352 e. The van der Waals surface area contributed by atoms with Gasteiger partial charge in [0.15, 0.2) is 0 Å². The van der Waals surface area contributed by atoms with Crippen molar-refractivity contribution in [2.75, 3.05) is 7.05 Å². The monoisotopic (exact) mass is 208 g/mol. The molecule has 0 N–H and O–H groups in total. The fraction of sp³-hybridized carbons (Fsp3) is 0.200. The van der Waals surface area contributed by atoms with Crippen LogP contribution in [0.15, 0.2) is 23.2 Å². The maximum absolute atomic E-state index is 10.9. The van der Waals surface area contributed by atoms with E-state index in [1.165, 1.54) is 0 Å². The van der Waals surface area contributed by atoms with E-state index in [4.69, 9.17) is 11.6 Å². The van der Waals surface area contributed by atoms with Gasteiger partial charge >= 0.3 is 0 Å². The molecule has 0 bridgehead atoms. The van der Waals surface area contributed by atoms with E-state index in [9.17, 15) is 4.79 Å². The average molecular weight is 209 g/mol. The van der Waals surface area contributed by atoms with Gasteiger partial charge in [0, 0.05) is 17.6 Å². The third kappa shape index (κ3) is 1.40. The Hall–Kier alpha value is -1.35. The Labute approximate surface area is 87.0 Å². The number of aliphatic imine (C=N–C) groups is 1. The van der Waals surface area contributed by atoms with Crippen molar-refractivity contribution in [1.29, 1.82) is 0 Å². The minimum absolute atomic E-state index is 0.250. The smallest absolute Gasteiger partial charge is 0.147 e. The Bertz CT molecular complexity index is 403. The molecule has 0 fully saturated rings. The first kappa shape index (κ1) is 9.21. The molecular formula is C10H9ClN2O. The van der Waals surface area contributed by atoms with Gasteiger partial charge in [0.25, 0.3) is 0 Å². The molecule has 0 aromatic heterocycles. The van der Waals surface area contributed by atoms with Crippen LogP contribution in [0.4, 0.5) is 5.69 Å². The maximum Gasteiger partial charge on any atom is 0.147 e. The summed E-state index contributed by atoms with van der Waals surface area (Å²) in [7, 11) is 1.82. The number of benzene rings is 1. The van der Waals surface area contributed by atoms with E-state index in [0.717, 1.165) is 17.5 Å². The van der Waals surface area contributed by atoms with Crippen molar-refractivity contribution < 1.29 is 4.79 Å². The van der Waals surface area contributed by atoms with Gasteiger partial charge in [-0.2, -0.15) is 0 Å². The van der Waals surface area contributed by atoms with Gasteiger partial charge in [-0.05, 0) is 12.1 Å². The highest BCUT2D eigenvalue weighted by Gasteiger charge is 2.20. The summed E-state index contributed by atoms with van der Waals surface area (Å²) in [4.78, 5) is 16.8. The maximum atomic E-state index is 10.9. The number of fused-ring (bicyclic) bond motifs is 1. The third-order valence-corrected chi connectivity index (χ3v) is 2.49. The van der Waals surface area contributed by atoms with Crippen LogP contribution in [0.3, 0.4) is 0 Å². The molecule has 0 amide bonds. The third-order valence-electron chi connectivity index (χ3n) is 2.26. The van der Waals surface area contributed by atoms with Crippen LogP contribution in [-0.2, 0) is 4.79 Å². The summed E-state index contributed by atoms with van der Waals surface area (Å²) in [6, 6.07) is 5.12. The summed E-state index contributed by atoms with van der Waals surface area (Å²) in [5, 5.41) is 0.634. The van der Waals surface area contributed by atoms with Crippen LogP contribution in [0.1, 0.15) is 11.6 Å². The normalized spacial score (nSPS) is 19.3. The first-order valence-electron chi connectivity index (χ1n) is 4.23. The number of likely N-dealkylation sites (N-methyl/N-ethyl adjacent to an activating group) is 1. The van der Waals surface area contributed by atoms with Crippen LogP contribution >= 0.6 is 11.6 Å². The summed E-state index contributed by atoms with van der Waals surface area (Å²) in [6.07, 6.45) is 2.54. The lowest BCUT2D eigenvalue weighted by atomic mass is 10.0. The van der Waals surface area contributed by atoms with E-state index in [1.54, 1.807) is 23.4 Å². The van der Waals surface area contributed by atoms with Crippen LogP contribution in [0.25, 0.3) is 0 Å². The van der Waals surface area contributed by atoms with Gasteiger partial charge < -0.3 is 9.69 Å². The van der Waals surface area contributed by atoms with E-state index < -0.39 is 0 Å². The summed E-state index contributed by atoms with van der Waals surface area (Å²) < 4.78 is 0. The summed E-state index contributed by atoms with van der Waals surface area (Å²) in [5.74, 6) is 0. The highest BCUT2D eigenvalue weighted by atomic mass is 35.5. The van der Waals surface area contributed by atoms with Gasteiger partial charge in [-0.1, -0.05) is 17.7 Å². The Morgan fingerprint density at radius 3 is 3.07 bits per heavy atom. The molecule has 1 unspecified atom stereocenters. The zero-order valence-electron chi connectivity index (χ0n) is 7.64. The van der Waals surface area contributed by atoms with Gasteiger partial charge in [0.2, 0.25) is 0 Å². The quantitative estimate of drug-likeness (QED) is 0.663. The number of nitrogens with zero attached hydrogens (tertiary/aromatic N) is 2. The summed E-state index contributed by atoms with van der Waals surface area (Å²) >= 11 is 5.83. The zero-order valence-corrected chi connectivity index (χ0v) is 8.40. The van der Waals surface area contributed by atoms with E-state index >= 15 is 0 Å². The molecule has 1 heterocycles. The predicted molar refractivity (Wildman–Crippen MR) is 56.2 cm³/mol. The molecule has 1 atom stereocenters. The lowest BCUT2D eigenvalue weighted by Crippen LogP contribution is -2.26. The Morgan fingerprint density at radius 2 is 2.36 bits per heavy atom. The minimum Gasteiger partial charge on any atom is -0.352 e. The molecule has 1 aromatic carbocycles. The molecule has 1 aliphatic rings. The van der Waals surface area contributed by atoms with Crippen molar-refractivity contribution in [2.45, 2.75) is 6.04 Å². The molecule has 0 saturated carbocycles. The molecule has 1 aliphatic heterocycles. The number of carbonyl (C=O) groups excluding carboxylic acids is 1. The predicted octanol–water partition coefficient (Wildman–Crippen LogP) is 2.19. The highest BCUT2D eigenvalue weighted by molar-refractivity contribution is 6.30. The second kappa shape index (κ2) is 3.42. The standard InChI is InChI=1S/C10H9ClN2O/c1-13-6-12-9-4-7(11)2-3-8(9)10(13)5-14/h2-6,10H,1H3. The second-order valence-electron chi connectivity index (χ2n) is 3.19. The topological polar surface area (TPSA) is 32.7 Å². The SMILES string of the molecule is CN1C=Nc2cc(Cl)ccc2C1C=O. The summed E-state index contributed by atoms with van der Waals surface area (Å²) in [6.45, 7) is 0. The van der Waals surface area contributed by atoms with Crippen molar-refractivity contribution in [3.63, 3.8) is 0 Å². The molecule has 0 radical (unpaired) electrons. The molecule has 4 heteroatoms. The van der Waals surface area contributed by atoms with E-state index in [0.29, 0.717) is 5.02 Å². The van der Waals surface area contributed by atoms with E-state index in [2.05, 4.69) is 4.99 Å². The molecule has 0 aliphatic carbocycles. The molecule has 72 valence electrons. The van der Waals surface area contributed by atoms with Crippen LogP contribution in [-0.4, -0.2) is 24.6 Å². The Kier molecular flexibility index (Phi) is 2.25. The Balaban J connectivity index is 2.54.